The Labute approximate surface area is 160 Å². The van der Waals surface area contributed by atoms with E-state index in [0.717, 1.165) is 29.5 Å². The number of hydrogen-bond donors (Lipinski definition) is 1. The molecule has 138 valence electrons. The number of hydrogen-bond acceptors (Lipinski definition) is 5. The Balaban J connectivity index is 1.82. The average molecular weight is 456 g/mol. The molecule has 0 radical (unpaired) electrons. The number of aliphatic imine (C=N–C) groups is 1. The molecule has 1 aromatic heterocycles. The predicted molar refractivity (Wildman–Crippen MR) is 97.7 cm³/mol. The van der Waals surface area contributed by atoms with E-state index in [1.807, 2.05) is 0 Å². The van der Waals surface area contributed by atoms with Crippen molar-refractivity contribution in [1.82, 2.24) is 10.4 Å². The molecule has 1 aromatic rings. The van der Waals surface area contributed by atoms with Crippen molar-refractivity contribution in [3.8, 4) is 0 Å². The van der Waals surface area contributed by atoms with Gasteiger partial charge in [0.25, 0.3) is 5.91 Å². The fourth-order valence-electron chi connectivity index (χ4n) is 2.85. The summed E-state index contributed by atoms with van der Waals surface area (Å²) in [5, 5.41) is 0.0902. The van der Waals surface area contributed by atoms with Crippen LogP contribution in [0.5, 0.6) is 0 Å². The van der Waals surface area contributed by atoms with Crippen LogP contribution in [0.15, 0.2) is 20.9 Å². The zero-order chi connectivity index (χ0) is 18.0. The number of thioether (sulfide) groups is 1. The van der Waals surface area contributed by atoms with Crippen LogP contribution in [0.1, 0.15) is 37.0 Å². The molecular weight excluding hydrogens is 439 g/mol. The SMILES string of the molecule is O=C1C(SC2CCCCC2)N=C(c2ccc(Br)s2)NN1CC(F)(F)F. The molecule has 0 bridgehead atoms. The molecule has 1 aliphatic heterocycles. The predicted octanol–water partition coefficient (Wildman–Crippen LogP) is 4.56. The molecule has 1 aliphatic carbocycles. The molecule has 0 saturated heterocycles. The van der Waals surface area contributed by atoms with Crippen LogP contribution in [0.3, 0.4) is 0 Å². The van der Waals surface area contributed by atoms with Crippen LogP contribution >= 0.6 is 39.0 Å². The van der Waals surface area contributed by atoms with Crippen molar-refractivity contribution < 1.29 is 18.0 Å². The third kappa shape index (κ3) is 5.13. The summed E-state index contributed by atoms with van der Waals surface area (Å²) in [7, 11) is 0. The quantitative estimate of drug-likeness (QED) is 0.723. The van der Waals surface area contributed by atoms with E-state index in [2.05, 4.69) is 26.3 Å². The first-order chi connectivity index (χ1) is 11.8. The molecule has 2 aliphatic rings. The van der Waals surface area contributed by atoms with E-state index in [0.29, 0.717) is 15.7 Å². The average Bonchev–Trinajstić information content (AvgIpc) is 2.97. The number of halogens is 4. The maximum atomic E-state index is 12.8. The lowest BCUT2D eigenvalue weighted by atomic mass is 10.0. The van der Waals surface area contributed by atoms with Gasteiger partial charge in [0.05, 0.1) is 8.66 Å². The number of nitrogens with zero attached hydrogens (tertiary/aromatic N) is 2. The molecule has 0 aromatic carbocycles. The standard InChI is InChI=1S/C15H17BrF3N3OS2/c16-11-7-6-10(25-11)12-20-13(24-9-4-2-1-3-5-9)14(23)22(21-12)8-15(17,18)19/h6-7,9,13H,1-5,8H2,(H,20,21). The van der Waals surface area contributed by atoms with Crippen LogP contribution in [0, 0.1) is 0 Å². The minimum absolute atomic E-state index is 0.272. The highest BCUT2D eigenvalue weighted by Gasteiger charge is 2.40. The summed E-state index contributed by atoms with van der Waals surface area (Å²) in [6.07, 6.45) is 0.860. The third-order valence-corrected chi connectivity index (χ3v) is 7.03. The smallest absolute Gasteiger partial charge is 0.278 e. The van der Waals surface area contributed by atoms with Crippen molar-refractivity contribution in [2.24, 2.45) is 4.99 Å². The number of carbonyl (C=O) groups is 1. The highest BCUT2D eigenvalue weighted by atomic mass is 79.9. The molecule has 1 fully saturated rings. The van der Waals surface area contributed by atoms with Crippen LogP contribution < -0.4 is 5.43 Å². The molecule has 1 amide bonds. The largest absolute Gasteiger partial charge is 0.408 e. The molecule has 2 heterocycles. The van der Waals surface area contributed by atoms with Crippen LogP contribution in [-0.2, 0) is 4.79 Å². The fraction of sp³-hybridized carbons (Fsp3) is 0.600. The number of thiophene rings is 1. The Kier molecular flexibility index (Phi) is 5.99. The van der Waals surface area contributed by atoms with E-state index in [-0.39, 0.29) is 5.25 Å². The number of amides is 1. The summed E-state index contributed by atoms with van der Waals surface area (Å²) < 4.78 is 39.4. The van der Waals surface area contributed by atoms with E-state index in [4.69, 9.17) is 0 Å². The number of nitrogens with one attached hydrogen (secondary N) is 1. The van der Waals surface area contributed by atoms with Crippen LogP contribution in [0.4, 0.5) is 13.2 Å². The number of rotatable bonds is 4. The van der Waals surface area contributed by atoms with Crippen molar-refractivity contribution in [3.63, 3.8) is 0 Å². The number of alkyl halides is 3. The maximum absolute atomic E-state index is 12.8. The van der Waals surface area contributed by atoms with Gasteiger partial charge in [-0.2, -0.15) is 13.2 Å². The number of hydrazine groups is 1. The lowest BCUT2D eigenvalue weighted by Gasteiger charge is -2.34. The molecule has 1 unspecified atom stereocenters. The normalized spacial score (nSPS) is 22.7. The monoisotopic (exact) mass is 455 g/mol. The van der Waals surface area contributed by atoms with Crippen molar-refractivity contribution >= 4 is 50.8 Å². The van der Waals surface area contributed by atoms with Crippen LogP contribution in [0.25, 0.3) is 0 Å². The topological polar surface area (TPSA) is 44.7 Å². The van der Waals surface area contributed by atoms with Gasteiger partial charge in [-0.1, -0.05) is 19.3 Å². The number of amidine groups is 1. The maximum Gasteiger partial charge on any atom is 0.408 e. The zero-order valence-corrected chi connectivity index (χ0v) is 16.4. The van der Waals surface area contributed by atoms with E-state index in [1.165, 1.54) is 29.5 Å². The van der Waals surface area contributed by atoms with Crippen molar-refractivity contribution in [2.75, 3.05) is 6.54 Å². The Morgan fingerprint density at radius 1 is 1.32 bits per heavy atom. The Bertz CT molecular complexity index is 659. The second-order valence-electron chi connectivity index (χ2n) is 5.98. The Hall–Kier alpha value is -0.740. The first-order valence-electron chi connectivity index (χ1n) is 7.95. The summed E-state index contributed by atoms with van der Waals surface area (Å²) in [5.41, 5.74) is 2.55. The van der Waals surface area contributed by atoms with Crippen LogP contribution in [-0.4, -0.2) is 40.1 Å². The van der Waals surface area contributed by atoms with Gasteiger partial charge in [-0.25, -0.2) is 10.0 Å². The molecular formula is C15H17BrF3N3OS2. The van der Waals surface area contributed by atoms with Gasteiger partial charge in [0.2, 0.25) is 0 Å². The molecule has 1 atom stereocenters. The third-order valence-electron chi connectivity index (χ3n) is 3.98. The summed E-state index contributed by atoms with van der Waals surface area (Å²) in [6, 6.07) is 3.57. The molecule has 25 heavy (non-hydrogen) atoms. The summed E-state index contributed by atoms with van der Waals surface area (Å²) in [5.74, 6) is -0.319. The van der Waals surface area contributed by atoms with Gasteiger partial charge in [-0.3, -0.25) is 10.2 Å². The second kappa shape index (κ2) is 7.87. The van der Waals surface area contributed by atoms with E-state index < -0.39 is 24.0 Å². The molecule has 3 rings (SSSR count). The highest BCUT2D eigenvalue weighted by Crippen LogP contribution is 2.34. The zero-order valence-electron chi connectivity index (χ0n) is 13.2. The molecule has 0 spiro atoms. The fourth-order valence-corrected chi connectivity index (χ4v) is 5.56. The minimum atomic E-state index is -4.47. The van der Waals surface area contributed by atoms with Crippen LogP contribution in [0.2, 0.25) is 0 Å². The van der Waals surface area contributed by atoms with E-state index >= 15 is 0 Å². The summed E-state index contributed by atoms with van der Waals surface area (Å²) >= 11 is 6.09. The second-order valence-corrected chi connectivity index (χ2v) is 9.83. The van der Waals surface area contributed by atoms with Gasteiger partial charge in [0, 0.05) is 5.25 Å². The lowest BCUT2D eigenvalue weighted by molar-refractivity contribution is -0.165. The first-order valence-corrected chi connectivity index (χ1v) is 10.5. The van der Waals surface area contributed by atoms with Gasteiger partial charge in [-0.05, 0) is 40.9 Å². The van der Waals surface area contributed by atoms with Gasteiger partial charge < -0.3 is 0 Å². The van der Waals surface area contributed by atoms with Crippen molar-refractivity contribution in [1.29, 1.82) is 0 Å². The molecule has 1 saturated carbocycles. The van der Waals surface area contributed by atoms with E-state index in [9.17, 15) is 18.0 Å². The van der Waals surface area contributed by atoms with E-state index in [1.54, 1.807) is 12.1 Å². The van der Waals surface area contributed by atoms with Gasteiger partial charge >= 0.3 is 6.18 Å². The highest BCUT2D eigenvalue weighted by molar-refractivity contribution is 9.11. The molecule has 10 heteroatoms. The van der Waals surface area contributed by atoms with Gasteiger partial charge in [-0.15, -0.1) is 23.1 Å². The molecule has 4 nitrogen and oxygen atoms in total. The van der Waals surface area contributed by atoms with Crippen molar-refractivity contribution in [2.45, 2.75) is 48.9 Å². The first kappa shape index (κ1) is 19.0. The molecule has 1 N–H and O–H groups in total. The Morgan fingerprint density at radius 3 is 2.64 bits per heavy atom. The minimum Gasteiger partial charge on any atom is -0.278 e. The number of carbonyl (C=O) groups excluding carboxylic acids is 1. The van der Waals surface area contributed by atoms with Gasteiger partial charge in [0.15, 0.2) is 11.2 Å². The van der Waals surface area contributed by atoms with Crippen molar-refractivity contribution in [3.05, 3.63) is 20.8 Å². The summed E-state index contributed by atoms with van der Waals surface area (Å²) in [6.45, 7) is -1.33. The van der Waals surface area contributed by atoms with Gasteiger partial charge in [0.1, 0.15) is 6.54 Å². The summed E-state index contributed by atoms with van der Waals surface area (Å²) in [4.78, 5) is 17.6. The Morgan fingerprint density at radius 2 is 2.04 bits per heavy atom. The lowest BCUT2D eigenvalue weighted by Crippen LogP contribution is -2.56.